The van der Waals surface area contributed by atoms with Crippen LogP contribution in [0.2, 0.25) is 0 Å². The summed E-state index contributed by atoms with van der Waals surface area (Å²) in [6.45, 7) is 0. The highest BCUT2D eigenvalue weighted by molar-refractivity contribution is 5.86. The van der Waals surface area contributed by atoms with E-state index in [1.807, 2.05) is 0 Å². The second-order valence-corrected chi connectivity index (χ2v) is 5.22. The molecule has 0 aliphatic carbocycles. The second kappa shape index (κ2) is 7.60. The summed E-state index contributed by atoms with van der Waals surface area (Å²) in [7, 11) is 1.35. The van der Waals surface area contributed by atoms with Crippen LogP contribution in [0.1, 0.15) is 0 Å². The Balaban J connectivity index is 1.85. The molecule has 0 unspecified atom stereocenters. The van der Waals surface area contributed by atoms with Gasteiger partial charge in [-0.25, -0.2) is 18.6 Å². The number of anilines is 1. The molecule has 1 heterocycles. The van der Waals surface area contributed by atoms with Crippen LogP contribution in [-0.4, -0.2) is 18.2 Å². The molecule has 1 N–H and O–H groups in total. The summed E-state index contributed by atoms with van der Waals surface area (Å²) in [6, 6.07) is 13.5. The zero-order valence-electron chi connectivity index (χ0n) is 13.7. The normalized spacial score (nSPS) is 10.3. The van der Waals surface area contributed by atoms with Crippen LogP contribution >= 0.6 is 0 Å². The van der Waals surface area contributed by atoms with Crippen molar-refractivity contribution < 1.29 is 23.0 Å². The Labute approximate surface area is 148 Å². The van der Waals surface area contributed by atoms with Crippen molar-refractivity contribution in [3.8, 4) is 22.6 Å². The first-order valence-electron chi connectivity index (χ1n) is 7.60. The molecule has 0 radical (unpaired) electrons. The van der Waals surface area contributed by atoms with Gasteiger partial charge in [0.25, 0.3) is 0 Å². The van der Waals surface area contributed by atoms with Crippen LogP contribution in [0.5, 0.6) is 11.5 Å². The van der Waals surface area contributed by atoms with Crippen molar-refractivity contribution in [2.45, 2.75) is 0 Å². The molecule has 0 atom stereocenters. The molecule has 0 bridgehead atoms. The topological polar surface area (TPSA) is 60.5 Å². The number of rotatable bonds is 4. The van der Waals surface area contributed by atoms with Gasteiger partial charge in [-0.3, -0.25) is 5.32 Å². The lowest BCUT2D eigenvalue weighted by atomic mass is 10.0. The van der Waals surface area contributed by atoms with Gasteiger partial charge in [0.2, 0.25) is 0 Å². The van der Waals surface area contributed by atoms with Crippen LogP contribution in [0.25, 0.3) is 11.1 Å². The molecule has 0 saturated carbocycles. The number of benzene rings is 2. The molecule has 26 heavy (non-hydrogen) atoms. The first-order chi connectivity index (χ1) is 12.6. The number of carbonyl (C=O) groups is 1. The van der Waals surface area contributed by atoms with Gasteiger partial charge in [-0.2, -0.15) is 0 Å². The molecule has 3 aromatic rings. The minimum Gasteiger partial charge on any atom is -0.496 e. The Morgan fingerprint density at radius 3 is 2.54 bits per heavy atom. The Morgan fingerprint density at radius 2 is 1.81 bits per heavy atom. The summed E-state index contributed by atoms with van der Waals surface area (Å²) >= 11 is 0. The smallest absolute Gasteiger partial charge is 0.418 e. The van der Waals surface area contributed by atoms with E-state index in [0.717, 1.165) is 12.3 Å². The zero-order chi connectivity index (χ0) is 18.5. The predicted molar refractivity (Wildman–Crippen MR) is 92.2 cm³/mol. The zero-order valence-corrected chi connectivity index (χ0v) is 13.7. The van der Waals surface area contributed by atoms with E-state index in [9.17, 15) is 13.6 Å². The number of hydrogen-bond donors (Lipinski definition) is 1. The number of nitrogens with one attached hydrogen (secondary N) is 1. The molecule has 0 saturated heterocycles. The molecular weight excluding hydrogens is 342 g/mol. The van der Waals surface area contributed by atoms with E-state index in [1.165, 1.54) is 25.3 Å². The molecule has 0 aliphatic rings. The number of para-hydroxylation sites is 1. The van der Waals surface area contributed by atoms with E-state index in [4.69, 9.17) is 9.47 Å². The highest BCUT2D eigenvalue weighted by Gasteiger charge is 2.15. The lowest BCUT2D eigenvalue weighted by molar-refractivity contribution is 0.215. The number of nitrogens with zero attached hydrogens (tertiary/aromatic N) is 1. The van der Waals surface area contributed by atoms with Gasteiger partial charge in [0, 0.05) is 17.2 Å². The van der Waals surface area contributed by atoms with Crippen LogP contribution in [0.3, 0.4) is 0 Å². The van der Waals surface area contributed by atoms with Gasteiger partial charge in [0.1, 0.15) is 29.0 Å². The fraction of sp³-hybridized carbons (Fsp3) is 0.0526. The Kier molecular flexibility index (Phi) is 5.07. The number of pyridine rings is 1. The number of amides is 1. The summed E-state index contributed by atoms with van der Waals surface area (Å²) in [5, 5.41) is 2.42. The van der Waals surface area contributed by atoms with E-state index in [0.29, 0.717) is 11.3 Å². The third kappa shape index (κ3) is 3.94. The van der Waals surface area contributed by atoms with Gasteiger partial charge in [0.15, 0.2) is 0 Å². The number of methoxy groups -OCH3 is 1. The fourth-order valence-electron chi connectivity index (χ4n) is 2.33. The van der Waals surface area contributed by atoms with Crippen LogP contribution in [-0.2, 0) is 0 Å². The quantitative estimate of drug-likeness (QED) is 0.739. The molecule has 2 aromatic carbocycles. The molecule has 0 spiro atoms. The number of carbonyl (C=O) groups excluding carboxylic acids is 1. The maximum atomic E-state index is 14.2. The van der Waals surface area contributed by atoms with Gasteiger partial charge < -0.3 is 9.47 Å². The molecule has 3 rings (SSSR count). The SMILES string of the molecule is COc1cc(F)ccc1-c1cc(NC(=O)Oc2ccccc2)ncc1F. The van der Waals surface area contributed by atoms with Gasteiger partial charge in [-0.1, -0.05) is 18.2 Å². The lowest BCUT2D eigenvalue weighted by Gasteiger charge is -2.11. The maximum Gasteiger partial charge on any atom is 0.418 e. The number of aromatic nitrogens is 1. The lowest BCUT2D eigenvalue weighted by Crippen LogP contribution is -2.17. The molecular formula is C19H14F2N2O3. The van der Waals surface area contributed by atoms with Crippen molar-refractivity contribution in [1.29, 1.82) is 0 Å². The van der Waals surface area contributed by atoms with E-state index < -0.39 is 17.7 Å². The number of ether oxygens (including phenoxy) is 2. The Bertz CT molecular complexity index is 933. The second-order valence-electron chi connectivity index (χ2n) is 5.22. The maximum absolute atomic E-state index is 14.2. The fourth-order valence-corrected chi connectivity index (χ4v) is 2.33. The summed E-state index contributed by atoms with van der Waals surface area (Å²) in [4.78, 5) is 15.8. The molecule has 132 valence electrons. The van der Waals surface area contributed by atoms with Crippen molar-refractivity contribution in [3.63, 3.8) is 0 Å². The van der Waals surface area contributed by atoms with E-state index in [1.54, 1.807) is 30.3 Å². The minimum atomic E-state index is -0.771. The first-order valence-corrected chi connectivity index (χ1v) is 7.60. The van der Waals surface area contributed by atoms with Gasteiger partial charge in [0.05, 0.1) is 13.3 Å². The Hall–Kier alpha value is -3.48. The van der Waals surface area contributed by atoms with Crippen molar-refractivity contribution in [2.75, 3.05) is 12.4 Å². The van der Waals surface area contributed by atoms with Crippen LogP contribution in [0.15, 0.2) is 60.8 Å². The average molecular weight is 356 g/mol. The number of halogens is 2. The van der Waals surface area contributed by atoms with Crippen LogP contribution in [0.4, 0.5) is 19.4 Å². The third-order valence-corrected chi connectivity index (χ3v) is 3.49. The largest absolute Gasteiger partial charge is 0.496 e. The van der Waals surface area contributed by atoms with Gasteiger partial charge in [-0.15, -0.1) is 0 Å². The van der Waals surface area contributed by atoms with E-state index in [-0.39, 0.29) is 17.1 Å². The molecule has 7 heteroatoms. The molecule has 1 amide bonds. The molecule has 1 aromatic heterocycles. The number of hydrogen-bond acceptors (Lipinski definition) is 4. The third-order valence-electron chi connectivity index (χ3n) is 3.49. The summed E-state index contributed by atoms with van der Waals surface area (Å²) in [5.74, 6) is -0.559. The average Bonchev–Trinajstić information content (AvgIpc) is 2.64. The van der Waals surface area contributed by atoms with Crippen molar-refractivity contribution in [1.82, 2.24) is 4.98 Å². The predicted octanol–water partition coefficient (Wildman–Crippen LogP) is 4.65. The van der Waals surface area contributed by atoms with Crippen LogP contribution < -0.4 is 14.8 Å². The van der Waals surface area contributed by atoms with E-state index in [2.05, 4.69) is 10.3 Å². The van der Waals surface area contributed by atoms with Gasteiger partial charge >= 0.3 is 6.09 Å². The molecule has 0 fully saturated rings. The van der Waals surface area contributed by atoms with Crippen LogP contribution in [0, 0.1) is 11.6 Å². The summed E-state index contributed by atoms with van der Waals surface area (Å²) in [5.41, 5.74) is 0.431. The monoisotopic (exact) mass is 356 g/mol. The minimum absolute atomic E-state index is 0.0775. The highest BCUT2D eigenvalue weighted by Crippen LogP contribution is 2.33. The van der Waals surface area contributed by atoms with Crippen molar-refractivity contribution >= 4 is 11.9 Å². The van der Waals surface area contributed by atoms with E-state index >= 15 is 0 Å². The first kappa shape index (κ1) is 17.3. The molecule has 5 nitrogen and oxygen atoms in total. The standard InChI is InChI=1S/C19H14F2N2O3/c1-25-17-9-12(20)7-8-14(17)15-10-18(22-11-16(15)21)23-19(24)26-13-5-3-2-4-6-13/h2-11H,1H3,(H,22,23,24). The highest BCUT2D eigenvalue weighted by atomic mass is 19.1. The summed E-state index contributed by atoms with van der Waals surface area (Å²) in [6.07, 6.45) is 0.184. The van der Waals surface area contributed by atoms with Crippen molar-refractivity contribution in [2.24, 2.45) is 0 Å². The van der Waals surface area contributed by atoms with Gasteiger partial charge in [-0.05, 0) is 30.3 Å². The van der Waals surface area contributed by atoms with Crippen molar-refractivity contribution in [3.05, 3.63) is 72.4 Å². The summed E-state index contributed by atoms with van der Waals surface area (Å²) < 4.78 is 37.7. The Morgan fingerprint density at radius 1 is 1.04 bits per heavy atom. The molecule has 0 aliphatic heterocycles.